The van der Waals surface area contributed by atoms with Gasteiger partial charge in [0, 0.05) is 49.1 Å². The predicted octanol–water partition coefficient (Wildman–Crippen LogP) is 5.30. The fourth-order valence-electron chi connectivity index (χ4n) is 3.56. The van der Waals surface area contributed by atoms with Crippen LogP contribution in [0.1, 0.15) is 16.7 Å². The summed E-state index contributed by atoms with van der Waals surface area (Å²) in [5.41, 5.74) is 10.7. The van der Waals surface area contributed by atoms with E-state index in [9.17, 15) is 0 Å². The van der Waals surface area contributed by atoms with E-state index in [4.69, 9.17) is 10.5 Å². The number of hydrogen-bond donors (Lipinski definition) is 1. The molecule has 2 N–H and O–H groups in total. The van der Waals surface area contributed by atoms with E-state index in [0.29, 0.717) is 0 Å². The monoisotopic (exact) mass is 723 g/mol. The maximum atomic E-state index is 5.33. The average molecular weight is 722 g/mol. The van der Waals surface area contributed by atoms with Crippen LogP contribution in [0.2, 0.25) is 0 Å². The maximum Gasteiger partial charge on any atom is 1.00 e. The van der Waals surface area contributed by atoms with E-state index in [1.165, 1.54) is 16.7 Å². The Kier molecular flexibility index (Phi) is 12.0. The van der Waals surface area contributed by atoms with Crippen molar-refractivity contribution in [2.75, 3.05) is 6.73 Å². The fourth-order valence-corrected chi connectivity index (χ4v) is 3.56. The molecule has 6 aromatic rings. The van der Waals surface area contributed by atoms with Gasteiger partial charge in [-0.25, -0.2) is 19.3 Å². The minimum atomic E-state index is 0. The number of aromatic nitrogens is 7. The molecule has 10 heteroatoms. The van der Waals surface area contributed by atoms with Crippen molar-refractivity contribution in [1.82, 2.24) is 34.5 Å². The Labute approximate surface area is 253 Å². The first-order chi connectivity index (χ1) is 19.5. The van der Waals surface area contributed by atoms with E-state index in [2.05, 4.69) is 31.2 Å². The van der Waals surface area contributed by atoms with Gasteiger partial charge in [-0.05, 0) is 80.1 Å². The predicted molar refractivity (Wildman–Crippen MR) is 155 cm³/mol. The molecule has 0 fully saturated rings. The molecule has 0 spiro atoms. The quantitative estimate of drug-likeness (QED) is 0.190. The molecule has 0 saturated carbocycles. The average Bonchev–Trinajstić information content (AvgIpc) is 3.70. The molecule has 0 aliphatic carbocycles. The number of rotatable bonds is 5. The van der Waals surface area contributed by atoms with Gasteiger partial charge in [0.25, 0.3) is 0 Å². The Morgan fingerprint density at radius 2 is 1.24 bits per heavy atom. The number of nitrogens with two attached hydrogens (primary N) is 1. The van der Waals surface area contributed by atoms with Gasteiger partial charge in [-0.2, -0.15) is 10.2 Å². The molecule has 41 heavy (non-hydrogen) atoms. The summed E-state index contributed by atoms with van der Waals surface area (Å²) in [6.07, 6.45) is 12.6. The van der Waals surface area contributed by atoms with Crippen LogP contribution < -0.4 is 10.5 Å². The van der Waals surface area contributed by atoms with Crippen molar-refractivity contribution in [2.24, 2.45) is 5.73 Å². The van der Waals surface area contributed by atoms with Crippen LogP contribution in [0, 0.1) is 26.8 Å². The topological polar surface area (TPSA) is 110 Å². The van der Waals surface area contributed by atoms with Gasteiger partial charge in [0.1, 0.15) is 6.73 Å². The van der Waals surface area contributed by atoms with E-state index >= 15 is 0 Å². The Morgan fingerprint density at radius 3 is 1.71 bits per heavy atom. The van der Waals surface area contributed by atoms with E-state index in [1.54, 1.807) is 40.3 Å². The molecule has 5 aromatic heterocycles. The SMILES string of the molecule is Cc1ccnc(-c2[c-]ccc(OCN)c2)c1.Cc1ccnc(-n2cccn2)c1.Cc1ccnc(-n2cccn2)c1.[Os+]. The minimum Gasteiger partial charge on any atom is -0.498 e. The summed E-state index contributed by atoms with van der Waals surface area (Å²) >= 11 is 0. The number of ether oxygens (including phenoxy) is 1. The summed E-state index contributed by atoms with van der Waals surface area (Å²) in [5.74, 6) is 2.46. The zero-order chi connectivity index (χ0) is 28.2. The molecule has 0 aliphatic heterocycles. The van der Waals surface area contributed by atoms with Crippen LogP contribution in [0.4, 0.5) is 0 Å². The van der Waals surface area contributed by atoms with Crippen LogP contribution in [0.5, 0.6) is 5.75 Å². The van der Waals surface area contributed by atoms with Crippen molar-refractivity contribution in [3.05, 3.63) is 133 Å². The van der Waals surface area contributed by atoms with E-state index in [1.807, 2.05) is 99.9 Å². The molecule has 0 atom stereocenters. The van der Waals surface area contributed by atoms with Gasteiger partial charge in [-0.3, -0.25) is 5.73 Å². The third-order valence-electron chi connectivity index (χ3n) is 5.49. The van der Waals surface area contributed by atoms with Gasteiger partial charge < -0.3 is 9.72 Å². The Bertz CT molecular complexity index is 1530. The molecule has 0 amide bonds. The first kappa shape index (κ1) is 31.0. The maximum absolute atomic E-state index is 5.33. The normalized spacial score (nSPS) is 9.85. The molecule has 0 bridgehead atoms. The standard InChI is InChI=1S/C13H13N2O.2C9H9N3.Os/c1-10-5-6-15-13(7-10)11-3-2-4-12(8-11)16-9-14;2*1-8-3-5-10-9(7-8)12-6-2-4-11-12;/h2,4-8H,9,14H2,1H3;2*2-7H,1H3;/q-1;;;+1. The molecular weight excluding hydrogens is 691 g/mol. The second-order valence-corrected chi connectivity index (χ2v) is 8.75. The van der Waals surface area contributed by atoms with Crippen LogP contribution in [-0.4, -0.2) is 41.2 Å². The molecule has 5 heterocycles. The molecule has 209 valence electrons. The van der Waals surface area contributed by atoms with Crippen molar-refractivity contribution >= 4 is 0 Å². The number of benzene rings is 1. The van der Waals surface area contributed by atoms with Crippen LogP contribution in [-0.2, 0) is 19.8 Å². The van der Waals surface area contributed by atoms with Gasteiger partial charge >= 0.3 is 19.8 Å². The summed E-state index contributed by atoms with van der Waals surface area (Å²) in [5, 5.41) is 8.16. The van der Waals surface area contributed by atoms with Crippen LogP contribution >= 0.6 is 0 Å². The minimum absolute atomic E-state index is 0. The van der Waals surface area contributed by atoms with Crippen LogP contribution in [0.15, 0.2) is 110 Å². The number of pyridine rings is 3. The largest absolute Gasteiger partial charge is 1.00 e. The van der Waals surface area contributed by atoms with Gasteiger partial charge in [-0.1, -0.05) is 11.6 Å². The number of hydrogen-bond acceptors (Lipinski definition) is 7. The fraction of sp³-hybridized carbons (Fsp3) is 0.129. The third kappa shape index (κ3) is 9.57. The zero-order valence-electron chi connectivity index (χ0n) is 23.1. The van der Waals surface area contributed by atoms with Gasteiger partial charge in [0.2, 0.25) is 0 Å². The first-order valence-electron chi connectivity index (χ1n) is 12.6. The molecule has 1 radical (unpaired) electrons. The molecule has 0 unspecified atom stereocenters. The van der Waals surface area contributed by atoms with Crippen LogP contribution in [0.25, 0.3) is 22.9 Å². The van der Waals surface area contributed by atoms with E-state index < -0.39 is 0 Å². The van der Waals surface area contributed by atoms with E-state index in [0.717, 1.165) is 28.6 Å². The molecular formula is C31H31N8OOs. The summed E-state index contributed by atoms with van der Waals surface area (Å²) in [4.78, 5) is 12.7. The van der Waals surface area contributed by atoms with Gasteiger partial charge in [0.15, 0.2) is 11.6 Å². The zero-order valence-corrected chi connectivity index (χ0v) is 25.6. The van der Waals surface area contributed by atoms with Gasteiger partial charge in [-0.15, -0.1) is 29.8 Å². The summed E-state index contributed by atoms with van der Waals surface area (Å²) in [7, 11) is 0. The first-order valence-corrected chi connectivity index (χ1v) is 12.6. The Hall–Kier alpha value is -4.51. The second kappa shape index (κ2) is 15.9. The number of aryl methyl sites for hydroxylation is 3. The summed E-state index contributed by atoms with van der Waals surface area (Å²) in [6, 6.07) is 24.3. The van der Waals surface area contributed by atoms with Gasteiger partial charge in [0.05, 0.1) is 0 Å². The van der Waals surface area contributed by atoms with E-state index in [-0.39, 0.29) is 26.5 Å². The molecule has 0 saturated heterocycles. The molecule has 9 nitrogen and oxygen atoms in total. The Morgan fingerprint density at radius 1 is 0.707 bits per heavy atom. The molecule has 0 aliphatic rings. The molecule has 1 aromatic carbocycles. The Balaban J connectivity index is 0.000000169. The smallest absolute Gasteiger partial charge is 0.498 e. The summed E-state index contributed by atoms with van der Waals surface area (Å²) in [6.45, 7) is 6.28. The van der Waals surface area contributed by atoms with Crippen molar-refractivity contribution in [2.45, 2.75) is 20.8 Å². The van der Waals surface area contributed by atoms with Crippen molar-refractivity contribution in [1.29, 1.82) is 0 Å². The van der Waals surface area contributed by atoms with Crippen molar-refractivity contribution in [3.63, 3.8) is 0 Å². The summed E-state index contributed by atoms with van der Waals surface area (Å²) < 4.78 is 8.71. The van der Waals surface area contributed by atoms with Crippen molar-refractivity contribution in [3.8, 4) is 28.6 Å². The second-order valence-electron chi connectivity index (χ2n) is 8.75. The van der Waals surface area contributed by atoms with Crippen LogP contribution in [0.3, 0.4) is 0 Å². The number of nitrogens with zero attached hydrogens (tertiary/aromatic N) is 7. The van der Waals surface area contributed by atoms with Crippen molar-refractivity contribution < 1.29 is 24.5 Å². The molecule has 6 rings (SSSR count). The third-order valence-corrected chi connectivity index (χ3v) is 5.49.